The van der Waals surface area contributed by atoms with Crippen LogP contribution in [0.2, 0.25) is 0 Å². The average Bonchev–Trinajstić information content (AvgIpc) is 2.07. The molecule has 0 saturated carbocycles. The van der Waals surface area contributed by atoms with Gasteiger partial charge in [0.15, 0.2) is 0 Å². The molecule has 11 heavy (non-hydrogen) atoms. The Labute approximate surface area is 63.8 Å². The lowest BCUT2D eigenvalue weighted by Crippen LogP contribution is -1.94. The van der Waals surface area contributed by atoms with Crippen LogP contribution in [0.3, 0.4) is 0 Å². The molecule has 0 saturated heterocycles. The number of hydrogen-bond acceptors (Lipinski definition) is 3. The third-order valence-corrected chi connectivity index (χ3v) is 1.49. The first kappa shape index (κ1) is 7.71. The smallest absolute Gasteiger partial charge is 0.265 e. The van der Waals surface area contributed by atoms with Crippen LogP contribution >= 0.6 is 0 Å². The van der Waals surface area contributed by atoms with E-state index in [0.717, 1.165) is 0 Å². The van der Waals surface area contributed by atoms with Gasteiger partial charge in [-0.15, -0.1) is 0 Å². The van der Waals surface area contributed by atoms with Gasteiger partial charge in [-0.2, -0.15) is 5.10 Å². The maximum absolute atomic E-state index is 10.4. The number of nitrogens with zero attached hydrogens (tertiary/aromatic N) is 3. The zero-order chi connectivity index (χ0) is 8.59. The molecule has 0 aliphatic carbocycles. The van der Waals surface area contributed by atoms with Crippen molar-refractivity contribution in [1.29, 1.82) is 0 Å². The highest BCUT2D eigenvalue weighted by Gasteiger charge is 2.19. The van der Waals surface area contributed by atoms with E-state index < -0.39 is 4.92 Å². The highest BCUT2D eigenvalue weighted by Crippen LogP contribution is 2.20. The molecule has 1 aromatic rings. The summed E-state index contributed by atoms with van der Waals surface area (Å²) in [4.78, 5) is 9.90. The van der Waals surface area contributed by atoms with Crippen LogP contribution in [0.15, 0.2) is 0 Å². The summed E-state index contributed by atoms with van der Waals surface area (Å²) in [5, 5.41) is 14.2. The molecule has 0 bridgehead atoms. The largest absolute Gasteiger partial charge is 0.313 e. The highest BCUT2D eigenvalue weighted by atomic mass is 16.6. The third-order valence-electron chi connectivity index (χ3n) is 1.49. The summed E-state index contributed by atoms with van der Waals surface area (Å²) in [6, 6.07) is 0. The molecule has 1 rings (SSSR count). The van der Waals surface area contributed by atoms with E-state index in [1.807, 2.05) is 0 Å². The topological polar surface area (TPSA) is 61.0 Å². The molecule has 0 unspecified atom stereocenters. The Morgan fingerprint density at radius 1 is 1.73 bits per heavy atom. The molecule has 0 aliphatic heterocycles. The van der Waals surface area contributed by atoms with Crippen LogP contribution in [0.4, 0.5) is 5.69 Å². The van der Waals surface area contributed by atoms with E-state index in [1.165, 1.54) is 4.68 Å². The Morgan fingerprint density at radius 2 is 2.27 bits per heavy atom. The van der Waals surface area contributed by atoms with Crippen LogP contribution in [0.5, 0.6) is 0 Å². The van der Waals surface area contributed by atoms with Gasteiger partial charge in [0.1, 0.15) is 11.4 Å². The van der Waals surface area contributed by atoms with Gasteiger partial charge in [-0.05, 0) is 6.92 Å². The average molecular weight is 154 g/mol. The van der Waals surface area contributed by atoms with Crippen molar-refractivity contribution in [3.8, 4) is 0 Å². The Hall–Kier alpha value is -1.39. The summed E-state index contributed by atoms with van der Waals surface area (Å²) in [6.07, 6.45) is 0. The van der Waals surface area contributed by atoms with Crippen LogP contribution < -0.4 is 0 Å². The van der Waals surface area contributed by atoms with E-state index in [4.69, 9.17) is 0 Å². The van der Waals surface area contributed by atoms with Gasteiger partial charge >= 0.3 is 5.69 Å². The molecule has 0 fully saturated rings. The zero-order valence-electron chi connectivity index (χ0n) is 6.37. The Balaban J connectivity index is 3.34. The molecular formula is C6H8N3O2. The van der Waals surface area contributed by atoms with Crippen molar-refractivity contribution in [2.45, 2.75) is 6.92 Å². The molecule has 0 spiro atoms. The van der Waals surface area contributed by atoms with Crippen molar-refractivity contribution in [3.63, 3.8) is 0 Å². The van der Waals surface area contributed by atoms with Crippen LogP contribution in [0.25, 0.3) is 0 Å². The minimum Gasteiger partial charge on any atom is -0.265 e. The van der Waals surface area contributed by atoms with Gasteiger partial charge in [0.05, 0.1) is 4.92 Å². The number of aromatic nitrogens is 2. The second-order valence-electron chi connectivity index (χ2n) is 2.26. The van der Waals surface area contributed by atoms with Gasteiger partial charge in [0.2, 0.25) is 0 Å². The van der Waals surface area contributed by atoms with Gasteiger partial charge in [0.25, 0.3) is 0 Å². The fraction of sp³-hybridized carbons (Fsp3) is 0.333. The van der Waals surface area contributed by atoms with Crippen LogP contribution in [-0.2, 0) is 7.05 Å². The van der Waals surface area contributed by atoms with E-state index >= 15 is 0 Å². The van der Waals surface area contributed by atoms with Crippen molar-refractivity contribution in [2.75, 3.05) is 0 Å². The molecule has 1 heterocycles. The lowest BCUT2D eigenvalue weighted by Gasteiger charge is -1.89. The zero-order valence-corrected chi connectivity index (χ0v) is 6.37. The predicted molar refractivity (Wildman–Crippen MR) is 39.1 cm³/mol. The molecule has 1 radical (unpaired) electrons. The first-order valence-electron chi connectivity index (χ1n) is 3.04. The van der Waals surface area contributed by atoms with Gasteiger partial charge in [-0.25, -0.2) is 0 Å². The minimum atomic E-state index is -0.468. The summed E-state index contributed by atoms with van der Waals surface area (Å²) in [6.45, 7) is 5.11. The van der Waals surface area contributed by atoms with Crippen molar-refractivity contribution in [1.82, 2.24) is 9.78 Å². The molecule has 0 aromatic carbocycles. The number of hydrogen-bond donors (Lipinski definition) is 0. The van der Waals surface area contributed by atoms with E-state index in [2.05, 4.69) is 12.0 Å². The van der Waals surface area contributed by atoms with Crippen molar-refractivity contribution < 1.29 is 4.92 Å². The lowest BCUT2D eigenvalue weighted by molar-refractivity contribution is -0.385. The van der Waals surface area contributed by atoms with Crippen molar-refractivity contribution >= 4 is 5.69 Å². The van der Waals surface area contributed by atoms with Crippen molar-refractivity contribution in [3.05, 3.63) is 28.4 Å². The van der Waals surface area contributed by atoms with Crippen molar-refractivity contribution in [2.24, 2.45) is 7.05 Å². The molecule has 5 heteroatoms. The molecule has 0 atom stereocenters. The molecule has 59 valence electrons. The van der Waals surface area contributed by atoms with Gasteiger partial charge in [-0.3, -0.25) is 14.8 Å². The summed E-state index contributed by atoms with van der Waals surface area (Å²) < 4.78 is 1.40. The van der Waals surface area contributed by atoms with Gasteiger partial charge < -0.3 is 0 Å². The summed E-state index contributed by atoms with van der Waals surface area (Å²) in [5.74, 6) is 0. The normalized spacial score (nSPS) is 10.1. The number of rotatable bonds is 1. The van der Waals surface area contributed by atoms with E-state index in [9.17, 15) is 10.1 Å². The Morgan fingerprint density at radius 3 is 2.45 bits per heavy atom. The monoisotopic (exact) mass is 154 g/mol. The van der Waals surface area contributed by atoms with E-state index in [-0.39, 0.29) is 5.69 Å². The highest BCUT2D eigenvalue weighted by molar-refractivity contribution is 5.41. The first-order valence-corrected chi connectivity index (χ1v) is 3.04. The first-order chi connectivity index (χ1) is 5.04. The summed E-state index contributed by atoms with van der Waals surface area (Å²) in [5.41, 5.74) is 0.752. The molecular weight excluding hydrogens is 146 g/mol. The Bertz CT molecular complexity index is 303. The minimum absolute atomic E-state index is 0.00694. The fourth-order valence-electron chi connectivity index (χ4n) is 0.932. The quantitative estimate of drug-likeness (QED) is 0.444. The standard InChI is InChI=1S/C6H8N3O2/c1-4-6(9(10)11)5(2)8(3)7-4/h2H2,1,3H3. The summed E-state index contributed by atoms with van der Waals surface area (Å²) in [7, 11) is 1.63. The third kappa shape index (κ3) is 1.09. The summed E-state index contributed by atoms with van der Waals surface area (Å²) >= 11 is 0. The SMILES string of the molecule is [CH2]c1c([N+](=O)[O-])c(C)nn1C. The van der Waals surface area contributed by atoms with E-state index in [1.54, 1.807) is 14.0 Å². The van der Waals surface area contributed by atoms with E-state index in [0.29, 0.717) is 11.4 Å². The molecule has 0 aliphatic rings. The predicted octanol–water partition coefficient (Wildman–Crippen LogP) is 0.819. The van der Waals surface area contributed by atoms with Gasteiger partial charge in [0, 0.05) is 14.0 Å². The maximum Gasteiger partial charge on any atom is 0.313 e. The second-order valence-corrected chi connectivity index (χ2v) is 2.26. The fourth-order valence-corrected chi connectivity index (χ4v) is 0.932. The lowest BCUT2D eigenvalue weighted by atomic mass is 10.3. The van der Waals surface area contributed by atoms with Crippen LogP contribution in [-0.4, -0.2) is 14.7 Å². The molecule has 5 nitrogen and oxygen atoms in total. The van der Waals surface area contributed by atoms with Gasteiger partial charge in [-0.1, -0.05) is 0 Å². The second kappa shape index (κ2) is 2.34. The maximum atomic E-state index is 10.4. The number of nitro groups is 1. The van der Waals surface area contributed by atoms with Crippen LogP contribution in [0.1, 0.15) is 11.4 Å². The van der Waals surface area contributed by atoms with Crippen LogP contribution in [0, 0.1) is 24.0 Å². The molecule has 1 aromatic heterocycles. The molecule has 0 amide bonds. The Kier molecular flexibility index (Phi) is 1.64. The molecule has 0 N–H and O–H groups in total. The number of aryl methyl sites for hydroxylation is 2.